The lowest BCUT2D eigenvalue weighted by Gasteiger charge is -2.28. The molecule has 0 spiro atoms. The lowest BCUT2D eigenvalue weighted by Crippen LogP contribution is -2.38. The Balaban J connectivity index is 1.49. The van der Waals surface area contributed by atoms with Crippen molar-refractivity contribution < 1.29 is 4.79 Å². The summed E-state index contributed by atoms with van der Waals surface area (Å²) in [4.78, 5) is 33.6. The monoisotopic (exact) mass is 405 g/mol. The maximum Gasteiger partial charge on any atom is 0.263 e. The molecule has 6 heteroatoms. The van der Waals surface area contributed by atoms with Crippen molar-refractivity contribution in [1.82, 2.24) is 14.5 Å². The summed E-state index contributed by atoms with van der Waals surface area (Å²) in [6.45, 7) is 0.0414. The fraction of sp³-hybridized carbons (Fsp3) is 0.348. The Kier molecular flexibility index (Phi) is 4.79. The maximum absolute atomic E-state index is 13.2. The van der Waals surface area contributed by atoms with Gasteiger partial charge in [-0.2, -0.15) is 0 Å². The Morgan fingerprint density at radius 1 is 1.21 bits per heavy atom. The SMILES string of the molecule is O=C(Cn1cnc2scc(-c3ccccc3)c2c1=O)N(C1=CCCCC1)C1CC1. The number of benzene rings is 1. The number of carbonyl (C=O) groups is 1. The molecule has 1 saturated carbocycles. The Morgan fingerprint density at radius 2 is 2.03 bits per heavy atom. The van der Waals surface area contributed by atoms with Gasteiger partial charge in [0.15, 0.2) is 0 Å². The summed E-state index contributed by atoms with van der Waals surface area (Å²) < 4.78 is 1.47. The van der Waals surface area contributed by atoms with Crippen LogP contribution in [0.5, 0.6) is 0 Å². The summed E-state index contributed by atoms with van der Waals surface area (Å²) in [5.41, 5.74) is 2.88. The zero-order valence-electron chi connectivity index (χ0n) is 16.2. The van der Waals surface area contributed by atoms with Crippen LogP contribution in [0.25, 0.3) is 21.3 Å². The lowest BCUT2D eigenvalue weighted by atomic mass is 10.0. The Bertz CT molecular complexity index is 1140. The standard InChI is InChI=1S/C23H23N3O2S/c27-20(26(18-11-12-18)17-9-5-2-6-10-17)13-25-15-24-22-21(23(25)28)19(14-29-22)16-7-3-1-4-8-16/h1,3-4,7-9,14-15,18H,2,5-6,10-13H2. The molecule has 0 saturated heterocycles. The van der Waals surface area contributed by atoms with Crippen LogP contribution in [0.3, 0.4) is 0 Å². The van der Waals surface area contributed by atoms with Crippen molar-refractivity contribution in [2.24, 2.45) is 0 Å². The van der Waals surface area contributed by atoms with Gasteiger partial charge in [0, 0.05) is 22.7 Å². The number of rotatable bonds is 5. The van der Waals surface area contributed by atoms with E-state index in [4.69, 9.17) is 0 Å². The minimum atomic E-state index is -0.142. The van der Waals surface area contributed by atoms with Crippen LogP contribution in [0.2, 0.25) is 0 Å². The second-order valence-corrected chi connectivity index (χ2v) is 8.67. The average molecular weight is 406 g/mol. The highest BCUT2D eigenvalue weighted by atomic mass is 32.1. The molecule has 1 amide bonds. The fourth-order valence-corrected chi connectivity index (χ4v) is 5.01. The maximum atomic E-state index is 13.2. The van der Waals surface area contributed by atoms with Crippen molar-refractivity contribution >= 4 is 27.5 Å². The Morgan fingerprint density at radius 3 is 2.76 bits per heavy atom. The Hall–Kier alpha value is -2.73. The number of aromatic nitrogens is 2. The first-order valence-electron chi connectivity index (χ1n) is 10.3. The van der Waals surface area contributed by atoms with E-state index >= 15 is 0 Å². The van der Waals surface area contributed by atoms with E-state index in [2.05, 4.69) is 11.1 Å². The number of carbonyl (C=O) groups excluding carboxylic acids is 1. The van der Waals surface area contributed by atoms with Gasteiger partial charge in [0.25, 0.3) is 5.56 Å². The number of hydrogen-bond donors (Lipinski definition) is 0. The lowest BCUT2D eigenvalue weighted by molar-refractivity contribution is -0.130. The van der Waals surface area contributed by atoms with Gasteiger partial charge < -0.3 is 4.90 Å². The van der Waals surface area contributed by atoms with Crippen LogP contribution >= 0.6 is 11.3 Å². The van der Waals surface area contributed by atoms with Gasteiger partial charge in [-0.15, -0.1) is 11.3 Å². The molecule has 1 aromatic carbocycles. The van der Waals surface area contributed by atoms with Gasteiger partial charge in [-0.05, 0) is 44.1 Å². The van der Waals surface area contributed by atoms with E-state index in [1.54, 1.807) is 0 Å². The van der Waals surface area contributed by atoms with E-state index in [1.807, 2.05) is 40.6 Å². The molecule has 2 aliphatic rings. The van der Waals surface area contributed by atoms with E-state index in [9.17, 15) is 9.59 Å². The molecule has 0 bridgehead atoms. The third kappa shape index (κ3) is 3.53. The first kappa shape index (κ1) is 18.3. The molecule has 3 aromatic rings. The number of fused-ring (bicyclic) bond motifs is 1. The zero-order chi connectivity index (χ0) is 19.8. The highest BCUT2D eigenvalue weighted by Gasteiger charge is 2.35. The van der Waals surface area contributed by atoms with Crippen LogP contribution in [0.15, 0.2) is 58.6 Å². The third-order valence-corrected chi connectivity index (χ3v) is 6.59. The minimum Gasteiger partial charge on any atom is -0.312 e. The van der Waals surface area contributed by atoms with Gasteiger partial charge in [-0.3, -0.25) is 14.2 Å². The second-order valence-electron chi connectivity index (χ2n) is 7.81. The third-order valence-electron chi connectivity index (χ3n) is 5.71. The van der Waals surface area contributed by atoms with Gasteiger partial charge in [0.2, 0.25) is 5.91 Å². The number of nitrogens with zero attached hydrogens (tertiary/aromatic N) is 3. The molecule has 2 aromatic heterocycles. The first-order chi connectivity index (χ1) is 14.2. The summed E-state index contributed by atoms with van der Waals surface area (Å²) in [7, 11) is 0. The van der Waals surface area contributed by atoms with Crippen molar-refractivity contribution in [3.05, 3.63) is 64.2 Å². The van der Waals surface area contributed by atoms with Crippen LogP contribution in [-0.4, -0.2) is 26.4 Å². The van der Waals surface area contributed by atoms with Crippen LogP contribution in [-0.2, 0) is 11.3 Å². The minimum absolute atomic E-state index is 0.000362. The molecule has 0 atom stereocenters. The molecule has 5 nitrogen and oxygen atoms in total. The van der Waals surface area contributed by atoms with E-state index < -0.39 is 0 Å². The molecule has 148 valence electrons. The highest BCUT2D eigenvalue weighted by Crippen LogP contribution is 2.34. The van der Waals surface area contributed by atoms with Crippen molar-refractivity contribution in [3.63, 3.8) is 0 Å². The molecule has 0 radical (unpaired) electrons. The summed E-state index contributed by atoms with van der Waals surface area (Å²) in [5.74, 6) is 0.000362. The smallest absolute Gasteiger partial charge is 0.263 e. The van der Waals surface area contributed by atoms with Crippen molar-refractivity contribution in [3.8, 4) is 11.1 Å². The van der Waals surface area contributed by atoms with Gasteiger partial charge in [-0.1, -0.05) is 36.4 Å². The van der Waals surface area contributed by atoms with Crippen molar-refractivity contribution in [2.75, 3.05) is 0 Å². The molecule has 0 aliphatic heterocycles. The number of allylic oxidation sites excluding steroid dienone is 2. The highest BCUT2D eigenvalue weighted by molar-refractivity contribution is 7.17. The Labute approximate surface area is 173 Å². The number of hydrogen-bond acceptors (Lipinski definition) is 4. The summed E-state index contributed by atoms with van der Waals surface area (Å²) in [6.07, 6.45) is 10.1. The number of amides is 1. The predicted octanol–water partition coefficient (Wildman–Crippen LogP) is 4.57. The molecule has 2 aliphatic carbocycles. The van der Waals surface area contributed by atoms with Gasteiger partial charge in [0.1, 0.15) is 11.4 Å². The fourth-order valence-electron chi connectivity index (χ4n) is 4.10. The molecule has 0 unspecified atom stereocenters. The molecule has 0 N–H and O–H groups in total. The van der Waals surface area contributed by atoms with E-state index in [0.717, 1.165) is 48.9 Å². The molecule has 5 rings (SSSR count). The predicted molar refractivity (Wildman–Crippen MR) is 116 cm³/mol. The first-order valence-corrected chi connectivity index (χ1v) is 11.1. The van der Waals surface area contributed by atoms with Gasteiger partial charge >= 0.3 is 0 Å². The van der Waals surface area contributed by atoms with Crippen LogP contribution in [0.4, 0.5) is 0 Å². The van der Waals surface area contributed by atoms with Gasteiger partial charge in [-0.25, -0.2) is 4.98 Å². The van der Waals surface area contributed by atoms with Crippen LogP contribution < -0.4 is 5.56 Å². The topological polar surface area (TPSA) is 55.2 Å². The summed E-state index contributed by atoms with van der Waals surface area (Å²) in [5, 5.41) is 2.58. The molecule has 1 fully saturated rings. The number of thiophene rings is 1. The van der Waals surface area contributed by atoms with Crippen molar-refractivity contribution in [1.29, 1.82) is 0 Å². The van der Waals surface area contributed by atoms with E-state index in [0.29, 0.717) is 16.3 Å². The van der Waals surface area contributed by atoms with Crippen molar-refractivity contribution in [2.45, 2.75) is 51.1 Å². The normalized spacial score (nSPS) is 16.6. The second kappa shape index (κ2) is 7.59. The molecule has 2 heterocycles. The molecular formula is C23H23N3O2S. The average Bonchev–Trinajstić information content (AvgIpc) is 3.48. The molecular weight excluding hydrogens is 382 g/mol. The molecule has 29 heavy (non-hydrogen) atoms. The van der Waals surface area contributed by atoms with Crippen LogP contribution in [0.1, 0.15) is 38.5 Å². The largest absolute Gasteiger partial charge is 0.312 e. The summed E-state index contributed by atoms with van der Waals surface area (Å²) >= 11 is 1.47. The zero-order valence-corrected chi connectivity index (χ0v) is 17.0. The van der Waals surface area contributed by atoms with E-state index in [1.165, 1.54) is 28.7 Å². The summed E-state index contributed by atoms with van der Waals surface area (Å²) in [6, 6.07) is 10.2. The van der Waals surface area contributed by atoms with Crippen LogP contribution in [0, 0.1) is 0 Å². The van der Waals surface area contributed by atoms with Gasteiger partial charge in [0.05, 0.1) is 11.7 Å². The van der Waals surface area contributed by atoms with E-state index in [-0.39, 0.29) is 18.0 Å². The quantitative estimate of drug-likeness (QED) is 0.625.